The minimum Gasteiger partial charge on any atom is -0.255 e. The molecule has 0 aliphatic carbocycles. The quantitative estimate of drug-likeness (QED) is 0.820. The fourth-order valence-corrected chi connectivity index (χ4v) is 5.10. The van der Waals surface area contributed by atoms with Gasteiger partial charge >= 0.3 is 0 Å². The summed E-state index contributed by atoms with van der Waals surface area (Å²) in [6.07, 6.45) is 0. The molecule has 1 saturated heterocycles. The molecule has 8 heteroatoms. The fraction of sp³-hybridized carbons (Fsp3) is 0.667. The first-order valence-corrected chi connectivity index (χ1v) is 8.19. The highest BCUT2D eigenvalue weighted by molar-refractivity contribution is 7.99. The summed E-state index contributed by atoms with van der Waals surface area (Å²) in [6.45, 7) is 2.74. The van der Waals surface area contributed by atoms with Crippen LogP contribution in [0.25, 0.3) is 0 Å². The summed E-state index contributed by atoms with van der Waals surface area (Å²) < 4.78 is 27.7. The molecule has 1 aliphatic heterocycles. The van der Waals surface area contributed by atoms with Crippen LogP contribution in [-0.4, -0.2) is 47.1 Å². The number of aryl methyl sites for hydroxylation is 2. The summed E-state index contributed by atoms with van der Waals surface area (Å²) in [4.78, 5) is 0.147. The van der Waals surface area contributed by atoms with Crippen molar-refractivity contribution in [1.82, 2.24) is 14.1 Å². The first kappa shape index (κ1) is 13.2. The Morgan fingerprint density at radius 2 is 1.94 bits per heavy atom. The smallest absolute Gasteiger partial charge is 0.248 e. The van der Waals surface area contributed by atoms with Crippen molar-refractivity contribution in [2.24, 2.45) is 7.05 Å². The van der Waals surface area contributed by atoms with Gasteiger partial charge < -0.3 is 0 Å². The van der Waals surface area contributed by atoms with E-state index in [2.05, 4.69) is 5.10 Å². The first-order valence-electron chi connectivity index (χ1n) is 5.21. The van der Waals surface area contributed by atoms with Gasteiger partial charge in [0.1, 0.15) is 10.0 Å². The molecule has 1 fully saturated rings. The van der Waals surface area contributed by atoms with Crippen LogP contribution < -0.4 is 0 Å². The lowest BCUT2D eigenvalue weighted by Crippen LogP contribution is -2.38. The fourth-order valence-electron chi connectivity index (χ4n) is 1.82. The van der Waals surface area contributed by atoms with Gasteiger partial charge in [-0.25, -0.2) is 8.42 Å². The van der Waals surface area contributed by atoms with E-state index in [1.807, 2.05) is 0 Å². The van der Waals surface area contributed by atoms with Crippen molar-refractivity contribution in [3.8, 4) is 0 Å². The van der Waals surface area contributed by atoms with Crippen molar-refractivity contribution in [2.45, 2.75) is 11.8 Å². The van der Waals surface area contributed by atoms with Crippen molar-refractivity contribution in [3.63, 3.8) is 0 Å². The molecule has 1 aromatic heterocycles. The van der Waals surface area contributed by atoms with Crippen LogP contribution in [0.15, 0.2) is 4.90 Å². The van der Waals surface area contributed by atoms with Gasteiger partial charge in [0.2, 0.25) is 10.0 Å². The maximum absolute atomic E-state index is 12.4. The Balaban J connectivity index is 2.43. The number of rotatable bonds is 2. The first-order chi connectivity index (χ1) is 7.94. The molecule has 96 valence electrons. The molecule has 2 heterocycles. The van der Waals surface area contributed by atoms with E-state index in [4.69, 9.17) is 11.6 Å². The summed E-state index contributed by atoms with van der Waals surface area (Å²) >= 11 is 7.77. The van der Waals surface area contributed by atoms with E-state index in [-0.39, 0.29) is 10.0 Å². The number of hydrogen-bond donors (Lipinski definition) is 0. The molecule has 1 aromatic rings. The summed E-state index contributed by atoms with van der Waals surface area (Å²) in [5.41, 5.74) is 0.454. The molecule has 17 heavy (non-hydrogen) atoms. The molecule has 0 atom stereocenters. The number of nitrogens with zero attached hydrogens (tertiary/aromatic N) is 3. The standard InChI is InChI=1S/C9H14ClN3O2S2/c1-7-8(9(10)12(2)11-7)17(14,15)13-3-5-16-6-4-13/h3-6H2,1-2H3. The van der Waals surface area contributed by atoms with Gasteiger partial charge in [-0.2, -0.15) is 21.2 Å². The zero-order valence-corrected chi connectivity index (χ0v) is 12.1. The predicted molar refractivity (Wildman–Crippen MR) is 69.0 cm³/mol. The predicted octanol–water partition coefficient (Wildman–Crippen LogP) is 1.12. The van der Waals surface area contributed by atoms with Gasteiger partial charge in [0.05, 0.1) is 5.69 Å². The van der Waals surface area contributed by atoms with Gasteiger partial charge in [0.25, 0.3) is 0 Å². The van der Waals surface area contributed by atoms with Crippen LogP contribution in [0, 0.1) is 6.92 Å². The topological polar surface area (TPSA) is 55.2 Å². The average molecular weight is 296 g/mol. The maximum Gasteiger partial charge on any atom is 0.248 e. The van der Waals surface area contributed by atoms with Crippen molar-refractivity contribution < 1.29 is 8.42 Å². The molecule has 0 saturated carbocycles. The van der Waals surface area contributed by atoms with Crippen LogP contribution in [-0.2, 0) is 17.1 Å². The molecule has 0 bridgehead atoms. The SMILES string of the molecule is Cc1nn(C)c(Cl)c1S(=O)(=O)N1CCSCC1. The third kappa shape index (κ3) is 2.33. The molecule has 0 unspecified atom stereocenters. The number of halogens is 1. The van der Waals surface area contributed by atoms with Gasteiger partial charge in [-0.05, 0) is 6.92 Å². The Morgan fingerprint density at radius 1 is 1.35 bits per heavy atom. The molecular formula is C9H14ClN3O2S2. The van der Waals surface area contributed by atoms with Crippen molar-refractivity contribution >= 4 is 33.4 Å². The van der Waals surface area contributed by atoms with E-state index in [9.17, 15) is 8.42 Å². The van der Waals surface area contributed by atoms with E-state index < -0.39 is 10.0 Å². The van der Waals surface area contributed by atoms with E-state index in [1.54, 1.807) is 25.7 Å². The molecule has 5 nitrogen and oxygen atoms in total. The Bertz CT molecular complexity index is 521. The van der Waals surface area contributed by atoms with Crippen LogP contribution in [0.2, 0.25) is 5.15 Å². The average Bonchev–Trinajstić information content (AvgIpc) is 2.54. The van der Waals surface area contributed by atoms with Crippen molar-refractivity contribution in [1.29, 1.82) is 0 Å². The Labute approximate surface area is 110 Å². The molecule has 0 radical (unpaired) electrons. The van der Waals surface area contributed by atoms with Crippen LogP contribution in [0.5, 0.6) is 0 Å². The van der Waals surface area contributed by atoms with E-state index in [1.165, 1.54) is 8.99 Å². The van der Waals surface area contributed by atoms with Crippen LogP contribution in [0.3, 0.4) is 0 Å². The summed E-state index contributed by atoms with van der Waals surface area (Å²) in [5.74, 6) is 1.66. The van der Waals surface area contributed by atoms with Gasteiger partial charge in [0, 0.05) is 31.6 Å². The largest absolute Gasteiger partial charge is 0.255 e. The Kier molecular flexibility index (Phi) is 3.72. The van der Waals surface area contributed by atoms with Gasteiger partial charge in [0.15, 0.2) is 0 Å². The highest BCUT2D eigenvalue weighted by Crippen LogP contribution is 2.28. The normalized spacial score (nSPS) is 18.5. The van der Waals surface area contributed by atoms with Crippen molar-refractivity contribution in [2.75, 3.05) is 24.6 Å². The highest BCUT2D eigenvalue weighted by atomic mass is 35.5. The molecule has 0 spiro atoms. The van der Waals surface area contributed by atoms with E-state index in [0.29, 0.717) is 18.8 Å². The Hall–Kier alpha value is -0.240. The van der Waals surface area contributed by atoms with E-state index in [0.717, 1.165) is 11.5 Å². The van der Waals surface area contributed by atoms with Crippen molar-refractivity contribution in [3.05, 3.63) is 10.8 Å². The second kappa shape index (κ2) is 4.79. The maximum atomic E-state index is 12.4. The second-order valence-corrected chi connectivity index (χ2v) is 7.30. The highest BCUT2D eigenvalue weighted by Gasteiger charge is 2.32. The Morgan fingerprint density at radius 3 is 2.41 bits per heavy atom. The second-order valence-electron chi connectivity index (χ2n) is 3.85. The van der Waals surface area contributed by atoms with Gasteiger partial charge in [-0.3, -0.25) is 4.68 Å². The van der Waals surface area contributed by atoms with Crippen LogP contribution >= 0.6 is 23.4 Å². The summed E-state index contributed by atoms with van der Waals surface area (Å²) in [7, 11) is -1.86. The molecule has 0 amide bonds. The molecule has 0 N–H and O–H groups in total. The lowest BCUT2D eigenvalue weighted by molar-refractivity contribution is 0.443. The summed E-state index contributed by atoms with van der Waals surface area (Å²) in [5, 5.41) is 4.23. The third-order valence-electron chi connectivity index (χ3n) is 2.67. The minimum atomic E-state index is -3.50. The third-order valence-corrected chi connectivity index (χ3v) is 6.21. The lowest BCUT2D eigenvalue weighted by atomic mass is 10.5. The van der Waals surface area contributed by atoms with E-state index >= 15 is 0 Å². The van der Waals surface area contributed by atoms with Gasteiger partial charge in [-0.15, -0.1) is 0 Å². The van der Waals surface area contributed by atoms with Crippen LogP contribution in [0.1, 0.15) is 5.69 Å². The zero-order valence-electron chi connectivity index (χ0n) is 9.68. The lowest BCUT2D eigenvalue weighted by Gasteiger charge is -2.25. The van der Waals surface area contributed by atoms with Gasteiger partial charge in [-0.1, -0.05) is 11.6 Å². The minimum absolute atomic E-state index is 0.147. The number of hydrogen-bond acceptors (Lipinski definition) is 4. The molecule has 0 aromatic carbocycles. The number of thioether (sulfide) groups is 1. The zero-order chi connectivity index (χ0) is 12.6. The number of aromatic nitrogens is 2. The number of sulfonamides is 1. The molecular weight excluding hydrogens is 282 g/mol. The monoisotopic (exact) mass is 295 g/mol. The molecule has 1 aliphatic rings. The molecule has 2 rings (SSSR count). The summed E-state index contributed by atoms with van der Waals surface area (Å²) in [6, 6.07) is 0. The van der Waals surface area contributed by atoms with Crippen LogP contribution in [0.4, 0.5) is 0 Å².